The number of hydrogen-bond donors (Lipinski definition) is 4. The Bertz CT molecular complexity index is 648. The summed E-state index contributed by atoms with van der Waals surface area (Å²) in [6.07, 6.45) is 1.44. The van der Waals surface area contributed by atoms with Crippen molar-refractivity contribution in [3.05, 3.63) is 35.0 Å². The van der Waals surface area contributed by atoms with Crippen LogP contribution in [-0.4, -0.2) is 50.1 Å². The molecule has 0 spiro atoms. The molecule has 0 bridgehead atoms. The number of anilines is 2. The first-order valence-corrected chi connectivity index (χ1v) is 8.11. The number of nitrogens with zero attached hydrogens (tertiary/aromatic N) is 2. The van der Waals surface area contributed by atoms with Crippen molar-refractivity contribution in [3.63, 3.8) is 0 Å². The van der Waals surface area contributed by atoms with Crippen LogP contribution in [0.1, 0.15) is 0 Å². The normalized spacial score (nSPS) is 15.6. The Morgan fingerprint density at radius 2 is 2.21 bits per heavy atom. The van der Waals surface area contributed by atoms with Gasteiger partial charge in [-0.2, -0.15) is 5.26 Å². The lowest BCUT2D eigenvalue weighted by Gasteiger charge is -2.26. The number of nitrogens with one attached hydrogen (secondary N) is 3. The maximum absolute atomic E-state index is 12.1. The molecule has 1 heterocycles. The van der Waals surface area contributed by atoms with Crippen molar-refractivity contribution in [1.82, 2.24) is 15.5 Å². The van der Waals surface area contributed by atoms with Gasteiger partial charge in [0.1, 0.15) is 11.6 Å². The number of hydrogen-bond acceptors (Lipinski definition) is 6. The zero-order chi connectivity index (χ0) is 17.4. The second kappa shape index (κ2) is 9.13. The molecule has 1 aliphatic rings. The average Bonchev–Trinajstić information content (AvgIpc) is 2.59. The molecule has 1 aromatic carbocycles. The summed E-state index contributed by atoms with van der Waals surface area (Å²) in [5, 5.41) is 18.4. The fraction of sp³-hybridized carbons (Fsp3) is 0.375. The number of nitriles is 1. The molecule has 7 nitrogen and oxygen atoms in total. The van der Waals surface area contributed by atoms with Crippen molar-refractivity contribution in [2.75, 3.05) is 50.3 Å². The summed E-state index contributed by atoms with van der Waals surface area (Å²) in [6.45, 7) is 5.54. The average molecular weight is 349 g/mol. The van der Waals surface area contributed by atoms with E-state index in [2.05, 4.69) is 20.9 Å². The number of nitrogen functional groups attached to an aromatic ring is 1. The van der Waals surface area contributed by atoms with Gasteiger partial charge in [0.15, 0.2) is 0 Å². The van der Waals surface area contributed by atoms with E-state index in [1.807, 2.05) is 6.07 Å². The molecule has 128 valence electrons. The van der Waals surface area contributed by atoms with Crippen molar-refractivity contribution in [2.45, 2.75) is 0 Å². The minimum Gasteiger partial charge on any atom is -0.398 e. The van der Waals surface area contributed by atoms with Gasteiger partial charge in [-0.25, -0.2) is 0 Å². The van der Waals surface area contributed by atoms with Gasteiger partial charge in [0.05, 0.1) is 10.7 Å². The third kappa shape index (κ3) is 5.42. The monoisotopic (exact) mass is 348 g/mol. The van der Waals surface area contributed by atoms with Gasteiger partial charge >= 0.3 is 0 Å². The van der Waals surface area contributed by atoms with Crippen molar-refractivity contribution in [2.24, 2.45) is 0 Å². The quantitative estimate of drug-likeness (QED) is 0.262. The highest BCUT2D eigenvalue weighted by atomic mass is 35.5. The lowest BCUT2D eigenvalue weighted by molar-refractivity contribution is -0.112. The number of halogens is 1. The van der Waals surface area contributed by atoms with Crippen LogP contribution in [0.2, 0.25) is 5.02 Å². The lowest BCUT2D eigenvalue weighted by atomic mass is 10.2. The molecule has 0 radical (unpaired) electrons. The Morgan fingerprint density at radius 1 is 1.46 bits per heavy atom. The van der Waals surface area contributed by atoms with Crippen molar-refractivity contribution < 1.29 is 4.79 Å². The van der Waals surface area contributed by atoms with Crippen molar-refractivity contribution in [1.29, 1.82) is 5.26 Å². The van der Waals surface area contributed by atoms with Crippen LogP contribution in [0.5, 0.6) is 0 Å². The van der Waals surface area contributed by atoms with Crippen LogP contribution in [0.4, 0.5) is 11.4 Å². The van der Waals surface area contributed by atoms with E-state index in [1.165, 1.54) is 6.20 Å². The van der Waals surface area contributed by atoms with Crippen LogP contribution in [0.3, 0.4) is 0 Å². The molecule has 0 saturated carbocycles. The molecule has 1 saturated heterocycles. The first kappa shape index (κ1) is 18.1. The Kier molecular flexibility index (Phi) is 6.88. The van der Waals surface area contributed by atoms with E-state index in [0.717, 1.165) is 32.7 Å². The number of piperazine rings is 1. The fourth-order valence-electron chi connectivity index (χ4n) is 2.28. The second-order valence-corrected chi connectivity index (χ2v) is 5.81. The highest BCUT2D eigenvalue weighted by Gasteiger charge is 2.11. The molecule has 0 unspecified atom stereocenters. The summed E-state index contributed by atoms with van der Waals surface area (Å²) >= 11 is 5.91. The van der Waals surface area contributed by atoms with Crippen LogP contribution < -0.4 is 21.7 Å². The second-order valence-electron chi connectivity index (χ2n) is 5.41. The molecule has 1 aromatic rings. The van der Waals surface area contributed by atoms with Crippen LogP contribution >= 0.6 is 11.6 Å². The Morgan fingerprint density at radius 3 is 2.88 bits per heavy atom. The van der Waals surface area contributed by atoms with Gasteiger partial charge in [-0.1, -0.05) is 11.6 Å². The molecule has 5 N–H and O–H groups in total. The third-order valence-corrected chi connectivity index (χ3v) is 3.98. The largest absolute Gasteiger partial charge is 0.398 e. The molecular formula is C16H21ClN6O. The van der Waals surface area contributed by atoms with E-state index in [-0.39, 0.29) is 5.57 Å². The van der Waals surface area contributed by atoms with E-state index in [4.69, 9.17) is 22.6 Å². The van der Waals surface area contributed by atoms with Gasteiger partial charge < -0.3 is 21.7 Å². The molecule has 1 amide bonds. The first-order valence-electron chi connectivity index (χ1n) is 7.73. The summed E-state index contributed by atoms with van der Waals surface area (Å²) < 4.78 is 0. The number of nitrogens with two attached hydrogens (primary N) is 1. The van der Waals surface area contributed by atoms with E-state index in [0.29, 0.717) is 22.9 Å². The Labute approximate surface area is 146 Å². The van der Waals surface area contributed by atoms with Crippen LogP contribution in [0.15, 0.2) is 30.0 Å². The third-order valence-electron chi connectivity index (χ3n) is 3.65. The Hall–Kier alpha value is -2.27. The van der Waals surface area contributed by atoms with E-state index in [1.54, 1.807) is 18.2 Å². The summed E-state index contributed by atoms with van der Waals surface area (Å²) in [5.41, 5.74) is 6.54. The van der Waals surface area contributed by atoms with Crippen LogP contribution in [0.25, 0.3) is 0 Å². The Balaban J connectivity index is 1.83. The van der Waals surface area contributed by atoms with Gasteiger partial charge in [-0.15, -0.1) is 0 Å². The summed E-state index contributed by atoms with van der Waals surface area (Å²) in [7, 11) is 0. The smallest absolute Gasteiger partial charge is 0.267 e. The van der Waals surface area contributed by atoms with Gasteiger partial charge in [-0.3, -0.25) is 9.69 Å². The molecule has 0 atom stereocenters. The molecule has 2 rings (SSSR count). The topological polar surface area (TPSA) is 106 Å². The molecule has 8 heteroatoms. The van der Waals surface area contributed by atoms with Gasteiger partial charge in [0.2, 0.25) is 0 Å². The summed E-state index contributed by atoms with van der Waals surface area (Å²) in [4.78, 5) is 14.4. The number of benzene rings is 1. The molecule has 1 fully saturated rings. The fourth-order valence-corrected chi connectivity index (χ4v) is 2.46. The van der Waals surface area contributed by atoms with Crippen molar-refractivity contribution >= 4 is 28.9 Å². The zero-order valence-electron chi connectivity index (χ0n) is 13.3. The molecule has 24 heavy (non-hydrogen) atoms. The number of rotatable bonds is 6. The van der Waals surface area contributed by atoms with Crippen LogP contribution in [-0.2, 0) is 4.79 Å². The summed E-state index contributed by atoms with van der Waals surface area (Å²) in [5.74, 6) is -0.493. The SMILES string of the molecule is N#C/C(=C/NCCN1CCNCC1)C(=O)Nc1ccc(N)c(Cl)c1. The van der Waals surface area contributed by atoms with Crippen molar-refractivity contribution in [3.8, 4) is 6.07 Å². The molecular weight excluding hydrogens is 328 g/mol. The van der Waals surface area contributed by atoms with E-state index in [9.17, 15) is 4.79 Å². The highest BCUT2D eigenvalue weighted by Crippen LogP contribution is 2.22. The van der Waals surface area contributed by atoms with Crippen LogP contribution in [0, 0.1) is 11.3 Å². The lowest BCUT2D eigenvalue weighted by Crippen LogP contribution is -2.45. The highest BCUT2D eigenvalue weighted by molar-refractivity contribution is 6.33. The number of carbonyl (C=O) groups is 1. The number of carbonyl (C=O) groups excluding carboxylic acids is 1. The molecule has 1 aliphatic heterocycles. The molecule has 0 aromatic heterocycles. The van der Waals surface area contributed by atoms with Gasteiger partial charge in [0.25, 0.3) is 5.91 Å². The van der Waals surface area contributed by atoms with E-state index >= 15 is 0 Å². The maximum Gasteiger partial charge on any atom is 0.267 e. The number of amides is 1. The van der Waals surface area contributed by atoms with E-state index < -0.39 is 5.91 Å². The minimum atomic E-state index is -0.493. The first-order chi connectivity index (χ1) is 11.6. The zero-order valence-corrected chi connectivity index (χ0v) is 14.1. The standard InChI is InChI=1S/C16H21ClN6O/c17-14-9-13(1-2-15(14)19)22-16(24)12(10-18)11-21-5-8-23-6-3-20-4-7-23/h1-2,9,11,20-21H,3-8,19H2,(H,22,24)/b12-11-. The minimum absolute atomic E-state index is 0.00302. The summed E-state index contributed by atoms with van der Waals surface area (Å²) in [6, 6.07) is 6.66. The van der Waals surface area contributed by atoms with Gasteiger partial charge in [-0.05, 0) is 18.2 Å². The maximum atomic E-state index is 12.1. The molecule has 0 aliphatic carbocycles. The predicted molar refractivity (Wildman–Crippen MR) is 95.5 cm³/mol. The van der Waals surface area contributed by atoms with Gasteiger partial charge in [0, 0.05) is 51.2 Å². The predicted octanol–water partition coefficient (Wildman–Crippen LogP) is 0.763.